The first-order valence-corrected chi connectivity index (χ1v) is 2.66. The van der Waals surface area contributed by atoms with Crippen molar-refractivity contribution in [2.75, 3.05) is 13.1 Å². The SMILES string of the molecule is O=C1NCCCNN1. The summed E-state index contributed by atoms with van der Waals surface area (Å²) in [4.78, 5) is 10.4. The number of hydrazine groups is 1. The third-order valence-corrected chi connectivity index (χ3v) is 0.966. The minimum Gasteiger partial charge on any atom is -0.337 e. The molecule has 1 rings (SSSR count). The van der Waals surface area contributed by atoms with E-state index in [2.05, 4.69) is 16.2 Å². The highest BCUT2D eigenvalue weighted by atomic mass is 16.2. The lowest BCUT2D eigenvalue weighted by molar-refractivity contribution is 0.239. The average Bonchev–Trinajstić information content (AvgIpc) is 1.94. The van der Waals surface area contributed by atoms with Crippen LogP contribution in [-0.2, 0) is 0 Å². The molecule has 0 aromatic rings. The fourth-order valence-corrected chi connectivity index (χ4v) is 0.566. The molecule has 8 heavy (non-hydrogen) atoms. The molecule has 4 heteroatoms. The van der Waals surface area contributed by atoms with Crippen LogP contribution in [0.2, 0.25) is 0 Å². The van der Waals surface area contributed by atoms with Crippen molar-refractivity contribution in [1.82, 2.24) is 16.2 Å². The minimum absolute atomic E-state index is 0.137. The van der Waals surface area contributed by atoms with Gasteiger partial charge in [-0.2, -0.15) is 0 Å². The van der Waals surface area contributed by atoms with Crippen molar-refractivity contribution >= 4 is 6.03 Å². The van der Waals surface area contributed by atoms with Crippen molar-refractivity contribution < 1.29 is 4.79 Å². The first kappa shape index (κ1) is 5.37. The lowest BCUT2D eigenvalue weighted by atomic mass is 10.4. The summed E-state index contributed by atoms with van der Waals surface area (Å²) in [5, 5.41) is 2.63. The Morgan fingerprint density at radius 3 is 3.12 bits per heavy atom. The minimum atomic E-state index is -0.137. The second kappa shape index (κ2) is 2.52. The van der Waals surface area contributed by atoms with E-state index in [1.807, 2.05) is 0 Å². The van der Waals surface area contributed by atoms with Gasteiger partial charge < -0.3 is 5.32 Å². The zero-order chi connectivity index (χ0) is 5.82. The molecule has 4 nitrogen and oxygen atoms in total. The van der Waals surface area contributed by atoms with Gasteiger partial charge in [0.2, 0.25) is 0 Å². The van der Waals surface area contributed by atoms with Crippen LogP contribution < -0.4 is 16.2 Å². The zero-order valence-electron chi connectivity index (χ0n) is 4.53. The van der Waals surface area contributed by atoms with Crippen molar-refractivity contribution in [2.45, 2.75) is 6.42 Å². The third-order valence-electron chi connectivity index (χ3n) is 0.966. The van der Waals surface area contributed by atoms with Crippen molar-refractivity contribution in [3.63, 3.8) is 0 Å². The number of carbonyl (C=O) groups excluding carboxylic acids is 1. The topological polar surface area (TPSA) is 53.2 Å². The van der Waals surface area contributed by atoms with Gasteiger partial charge in [-0.1, -0.05) is 0 Å². The molecular weight excluding hydrogens is 106 g/mol. The molecule has 1 fully saturated rings. The number of rotatable bonds is 0. The normalized spacial score (nSPS) is 20.8. The number of hydrogen-bond acceptors (Lipinski definition) is 2. The number of hydrogen-bond donors (Lipinski definition) is 3. The quantitative estimate of drug-likeness (QED) is 0.387. The van der Waals surface area contributed by atoms with E-state index in [9.17, 15) is 4.79 Å². The van der Waals surface area contributed by atoms with Gasteiger partial charge in [0.1, 0.15) is 0 Å². The van der Waals surface area contributed by atoms with Gasteiger partial charge in [0, 0.05) is 13.1 Å². The summed E-state index contributed by atoms with van der Waals surface area (Å²) < 4.78 is 0. The van der Waals surface area contributed by atoms with Crippen LogP contribution in [0.5, 0.6) is 0 Å². The number of urea groups is 1. The van der Waals surface area contributed by atoms with E-state index in [0.717, 1.165) is 19.5 Å². The molecule has 0 radical (unpaired) electrons. The van der Waals surface area contributed by atoms with Crippen LogP contribution in [0.4, 0.5) is 4.79 Å². The van der Waals surface area contributed by atoms with Crippen LogP contribution in [-0.4, -0.2) is 19.1 Å². The zero-order valence-corrected chi connectivity index (χ0v) is 4.53. The highest BCUT2D eigenvalue weighted by molar-refractivity contribution is 5.73. The molecule has 2 amide bonds. The van der Waals surface area contributed by atoms with Crippen molar-refractivity contribution in [3.8, 4) is 0 Å². The van der Waals surface area contributed by atoms with Gasteiger partial charge in [-0.05, 0) is 6.42 Å². The number of amides is 2. The second-order valence-corrected chi connectivity index (χ2v) is 1.66. The summed E-state index contributed by atoms with van der Waals surface area (Å²) in [5.74, 6) is 0. The summed E-state index contributed by atoms with van der Waals surface area (Å²) in [6.45, 7) is 1.61. The Bertz CT molecular complexity index is 83.3. The van der Waals surface area contributed by atoms with E-state index in [1.54, 1.807) is 0 Å². The van der Waals surface area contributed by atoms with Crippen molar-refractivity contribution in [3.05, 3.63) is 0 Å². The molecule has 0 unspecified atom stereocenters. The molecule has 1 aliphatic rings. The highest BCUT2D eigenvalue weighted by Crippen LogP contribution is 1.75. The van der Waals surface area contributed by atoms with Gasteiger partial charge in [0.15, 0.2) is 0 Å². The molecule has 0 spiro atoms. The maximum absolute atomic E-state index is 10.4. The summed E-state index contributed by atoms with van der Waals surface area (Å²) in [5.41, 5.74) is 5.18. The van der Waals surface area contributed by atoms with Crippen LogP contribution in [0.3, 0.4) is 0 Å². The molecule has 1 aliphatic heterocycles. The van der Waals surface area contributed by atoms with Gasteiger partial charge in [-0.3, -0.25) is 5.43 Å². The lowest BCUT2D eigenvalue weighted by Crippen LogP contribution is -2.40. The van der Waals surface area contributed by atoms with Crippen LogP contribution >= 0.6 is 0 Å². The van der Waals surface area contributed by atoms with E-state index in [1.165, 1.54) is 0 Å². The summed E-state index contributed by atoms with van der Waals surface area (Å²) in [6, 6.07) is -0.137. The molecule has 0 saturated carbocycles. The Balaban J connectivity index is 2.27. The highest BCUT2D eigenvalue weighted by Gasteiger charge is 2.00. The summed E-state index contributed by atoms with van der Waals surface area (Å²) in [7, 11) is 0. The van der Waals surface area contributed by atoms with Gasteiger partial charge in [-0.25, -0.2) is 10.2 Å². The molecule has 1 heterocycles. The maximum atomic E-state index is 10.4. The number of carbonyl (C=O) groups is 1. The molecule has 0 aliphatic carbocycles. The first-order chi connectivity index (χ1) is 3.89. The van der Waals surface area contributed by atoms with Gasteiger partial charge >= 0.3 is 6.03 Å². The summed E-state index contributed by atoms with van der Waals surface area (Å²) in [6.07, 6.45) is 0.985. The molecule has 0 aromatic carbocycles. The Morgan fingerprint density at radius 1 is 1.38 bits per heavy atom. The molecule has 0 aromatic heterocycles. The van der Waals surface area contributed by atoms with Crippen molar-refractivity contribution in [2.24, 2.45) is 0 Å². The standard InChI is InChI=1S/C4H9N3O/c8-4-5-2-1-3-6-7-4/h6H,1-3H2,(H2,5,7,8). The monoisotopic (exact) mass is 115 g/mol. The first-order valence-electron chi connectivity index (χ1n) is 2.66. The molecule has 3 N–H and O–H groups in total. The summed E-state index contributed by atoms with van der Waals surface area (Å²) >= 11 is 0. The van der Waals surface area contributed by atoms with Crippen LogP contribution in [0.15, 0.2) is 0 Å². The fourth-order valence-electron chi connectivity index (χ4n) is 0.566. The largest absolute Gasteiger partial charge is 0.337 e. The third kappa shape index (κ3) is 1.38. The Kier molecular flexibility index (Phi) is 1.69. The molecule has 1 saturated heterocycles. The smallest absolute Gasteiger partial charge is 0.329 e. The maximum Gasteiger partial charge on any atom is 0.329 e. The average molecular weight is 115 g/mol. The number of nitrogens with one attached hydrogen (secondary N) is 3. The lowest BCUT2D eigenvalue weighted by Gasteiger charge is -1.97. The van der Waals surface area contributed by atoms with Crippen LogP contribution in [0.25, 0.3) is 0 Å². The molecule has 0 atom stereocenters. The predicted octanol–water partition coefficient (Wildman–Crippen LogP) is -0.806. The van der Waals surface area contributed by atoms with E-state index in [-0.39, 0.29) is 6.03 Å². The molecule has 46 valence electrons. The molecule has 0 bridgehead atoms. The Morgan fingerprint density at radius 2 is 2.25 bits per heavy atom. The second-order valence-electron chi connectivity index (χ2n) is 1.66. The van der Waals surface area contributed by atoms with Crippen molar-refractivity contribution in [1.29, 1.82) is 0 Å². The van der Waals surface area contributed by atoms with Gasteiger partial charge in [0.05, 0.1) is 0 Å². The van der Waals surface area contributed by atoms with E-state index < -0.39 is 0 Å². The van der Waals surface area contributed by atoms with E-state index in [4.69, 9.17) is 0 Å². The Hall–Kier alpha value is -0.770. The Labute approximate surface area is 47.6 Å². The van der Waals surface area contributed by atoms with Crippen LogP contribution in [0, 0.1) is 0 Å². The van der Waals surface area contributed by atoms with E-state index >= 15 is 0 Å². The molecular formula is C4H9N3O. The van der Waals surface area contributed by atoms with Gasteiger partial charge in [-0.15, -0.1) is 0 Å². The van der Waals surface area contributed by atoms with E-state index in [0.29, 0.717) is 0 Å². The fraction of sp³-hybridized carbons (Fsp3) is 0.750. The van der Waals surface area contributed by atoms with Crippen LogP contribution in [0.1, 0.15) is 6.42 Å². The van der Waals surface area contributed by atoms with Gasteiger partial charge in [0.25, 0.3) is 0 Å². The predicted molar refractivity (Wildman–Crippen MR) is 29.2 cm³/mol.